The first-order valence-electron chi connectivity index (χ1n) is 7.49. The number of fused-ring (bicyclic) bond motifs is 3. The van der Waals surface area contributed by atoms with Gasteiger partial charge in [-0.25, -0.2) is 9.59 Å². The molecule has 0 fully saturated rings. The largest absolute Gasteiger partial charge is 0.477 e. The van der Waals surface area contributed by atoms with Crippen LogP contribution in [0.1, 0.15) is 15.9 Å². The third-order valence-electron chi connectivity index (χ3n) is 4.11. The number of halogens is 1. The van der Waals surface area contributed by atoms with Crippen molar-refractivity contribution >= 4 is 34.2 Å². The van der Waals surface area contributed by atoms with Gasteiger partial charge in [-0.2, -0.15) is 0 Å². The number of aromatic carboxylic acids is 1. The van der Waals surface area contributed by atoms with E-state index in [1.165, 1.54) is 6.07 Å². The standard InChI is InChI=1S/C18H12ClNO5/c19-11-2-4-12(5-3-11)20-8-14-15(24-9-20)6-1-10-7-13(17(21)22)18(23)25-16(10)14/h1-7H,8-9H2,(H,21,22). The van der Waals surface area contributed by atoms with Crippen LogP contribution in [0.25, 0.3) is 11.0 Å². The Morgan fingerprint density at radius 2 is 1.92 bits per heavy atom. The Bertz CT molecular complexity index is 1040. The number of hydrogen-bond donors (Lipinski definition) is 1. The van der Waals surface area contributed by atoms with Gasteiger partial charge in [0.2, 0.25) is 0 Å². The summed E-state index contributed by atoms with van der Waals surface area (Å²) in [6, 6.07) is 12.1. The molecule has 0 atom stereocenters. The fourth-order valence-corrected chi connectivity index (χ4v) is 2.99. The second-order valence-corrected chi connectivity index (χ2v) is 6.10. The maximum Gasteiger partial charge on any atom is 0.351 e. The molecule has 0 bridgehead atoms. The Hall–Kier alpha value is -2.99. The number of hydrogen-bond acceptors (Lipinski definition) is 5. The van der Waals surface area contributed by atoms with Gasteiger partial charge in [0.15, 0.2) is 6.73 Å². The fourth-order valence-electron chi connectivity index (χ4n) is 2.86. The van der Waals surface area contributed by atoms with Crippen LogP contribution in [0, 0.1) is 0 Å². The number of anilines is 1. The van der Waals surface area contributed by atoms with E-state index in [4.69, 9.17) is 25.9 Å². The van der Waals surface area contributed by atoms with Gasteiger partial charge in [-0.15, -0.1) is 0 Å². The Kier molecular flexibility index (Phi) is 3.62. The van der Waals surface area contributed by atoms with Crippen molar-refractivity contribution in [3.8, 4) is 5.75 Å². The lowest BCUT2D eigenvalue weighted by Gasteiger charge is -2.31. The molecule has 0 spiro atoms. The minimum Gasteiger partial charge on any atom is -0.477 e. The second-order valence-electron chi connectivity index (χ2n) is 5.66. The highest BCUT2D eigenvalue weighted by molar-refractivity contribution is 6.30. The topological polar surface area (TPSA) is 80.0 Å². The molecule has 4 rings (SSSR count). The van der Waals surface area contributed by atoms with Crippen molar-refractivity contribution in [2.75, 3.05) is 11.6 Å². The lowest BCUT2D eigenvalue weighted by molar-refractivity contribution is 0.0692. The van der Waals surface area contributed by atoms with Crippen molar-refractivity contribution in [1.29, 1.82) is 0 Å². The van der Waals surface area contributed by atoms with Crippen LogP contribution < -0.4 is 15.3 Å². The molecule has 0 unspecified atom stereocenters. The molecule has 0 radical (unpaired) electrons. The highest BCUT2D eigenvalue weighted by Gasteiger charge is 2.23. The van der Waals surface area contributed by atoms with Crippen LogP contribution in [0.4, 0.5) is 5.69 Å². The van der Waals surface area contributed by atoms with Crippen LogP contribution in [0.5, 0.6) is 5.75 Å². The molecular weight excluding hydrogens is 346 g/mol. The van der Waals surface area contributed by atoms with Crippen LogP contribution in [0.15, 0.2) is 51.7 Å². The number of benzene rings is 2. The smallest absolute Gasteiger partial charge is 0.351 e. The van der Waals surface area contributed by atoms with Gasteiger partial charge in [0.05, 0.1) is 12.1 Å². The van der Waals surface area contributed by atoms with Crippen molar-refractivity contribution in [1.82, 2.24) is 0 Å². The van der Waals surface area contributed by atoms with Gasteiger partial charge in [-0.05, 0) is 42.5 Å². The van der Waals surface area contributed by atoms with Gasteiger partial charge in [-0.1, -0.05) is 11.6 Å². The van der Waals surface area contributed by atoms with E-state index < -0.39 is 17.2 Å². The summed E-state index contributed by atoms with van der Waals surface area (Å²) >= 11 is 5.92. The zero-order valence-electron chi connectivity index (χ0n) is 12.9. The molecule has 3 aromatic rings. The summed E-state index contributed by atoms with van der Waals surface area (Å²) in [6.45, 7) is 0.807. The first-order chi connectivity index (χ1) is 12.0. The predicted octanol–water partition coefficient (Wildman–Crippen LogP) is 3.50. The molecule has 1 N–H and O–H groups in total. The third kappa shape index (κ3) is 2.70. The van der Waals surface area contributed by atoms with E-state index in [0.717, 1.165) is 5.69 Å². The first kappa shape index (κ1) is 15.5. The molecule has 7 heteroatoms. The SMILES string of the molecule is O=C(O)c1cc2ccc3c(c2oc1=O)CN(c1ccc(Cl)cc1)CO3. The summed E-state index contributed by atoms with van der Waals surface area (Å²) in [5.41, 5.74) is 0.686. The van der Waals surface area contributed by atoms with Gasteiger partial charge in [0.1, 0.15) is 16.9 Å². The average molecular weight is 358 g/mol. The van der Waals surface area contributed by atoms with E-state index in [2.05, 4.69) is 0 Å². The molecule has 1 aliphatic heterocycles. The van der Waals surface area contributed by atoms with Gasteiger partial charge in [0, 0.05) is 16.1 Å². The zero-order valence-corrected chi connectivity index (χ0v) is 13.6. The Morgan fingerprint density at radius 1 is 1.16 bits per heavy atom. The first-order valence-corrected chi connectivity index (χ1v) is 7.87. The van der Waals surface area contributed by atoms with Crippen molar-refractivity contribution in [3.05, 3.63) is 69.0 Å². The fraction of sp³-hybridized carbons (Fsp3) is 0.111. The Balaban J connectivity index is 1.81. The van der Waals surface area contributed by atoms with Gasteiger partial charge >= 0.3 is 11.6 Å². The minimum atomic E-state index is -1.31. The summed E-state index contributed by atoms with van der Waals surface area (Å²) in [6.07, 6.45) is 0. The molecule has 1 aliphatic rings. The number of ether oxygens (including phenoxy) is 1. The molecule has 1 aromatic heterocycles. The molecule has 0 saturated heterocycles. The highest BCUT2D eigenvalue weighted by atomic mass is 35.5. The molecule has 0 saturated carbocycles. The summed E-state index contributed by atoms with van der Waals surface area (Å²) in [7, 11) is 0. The minimum absolute atomic E-state index is 0.339. The van der Waals surface area contributed by atoms with Crippen molar-refractivity contribution in [2.45, 2.75) is 6.54 Å². The number of rotatable bonds is 2. The Morgan fingerprint density at radius 3 is 2.64 bits per heavy atom. The number of carbonyl (C=O) groups is 1. The summed E-state index contributed by atoms with van der Waals surface area (Å²) in [5.74, 6) is -0.698. The van der Waals surface area contributed by atoms with E-state index in [-0.39, 0.29) is 0 Å². The molecule has 0 amide bonds. The molecule has 2 aromatic carbocycles. The average Bonchev–Trinajstić information content (AvgIpc) is 2.61. The van der Waals surface area contributed by atoms with Crippen LogP contribution in [-0.2, 0) is 6.54 Å². The normalized spacial score (nSPS) is 13.4. The Labute approximate surface area is 146 Å². The molecule has 2 heterocycles. The molecular formula is C18H12ClNO5. The molecule has 6 nitrogen and oxygen atoms in total. The highest BCUT2D eigenvalue weighted by Crippen LogP contribution is 2.34. The van der Waals surface area contributed by atoms with Crippen LogP contribution >= 0.6 is 11.6 Å². The van der Waals surface area contributed by atoms with Crippen molar-refractivity contribution < 1.29 is 19.1 Å². The lowest BCUT2D eigenvalue weighted by atomic mass is 10.1. The van der Waals surface area contributed by atoms with Crippen molar-refractivity contribution in [3.63, 3.8) is 0 Å². The summed E-state index contributed by atoms with van der Waals surface area (Å²) in [4.78, 5) is 25.0. The molecule has 0 aliphatic carbocycles. The number of carboxylic acids is 1. The van der Waals surface area contributed by atoms with E-state index in [1.54, 1.807) is 24.3 Å². The third-order valence-corrected chi connectivity index (χ3v) is 4.36. The van der Waals surface area contributed by atoms with Gasteiger partial charge in [-0.3, -0.25) is 0 Å². The van der Waals surface area contributed by atoms with E-state index in [1.807, 2.05) is 17.0 Å². The number of carboxylic acid groups (broad SMARTS) is 1. The zero-order chi connectivity index (χ0) is 17.6. The predicted molar refractivity (Wildman–Crippen MR) is 92.6 cm³/mol. The second kappa shape index (κ2) is 5.82. The van der Waals surface area contributed by atoms with Crippen LogP contribution in [0.3, 0.4) is 0 Å². The lowest BCUT2D eigenvalue weighted by Crippen LogP contribution is -2.32. The van der Waals surface area contributed by atoms with Gasteiger partial charge in [0.25, 0.3) is 0 Å². The molecule has 126 valence electrons. The summed E-state index contributed by atoms with van der Waals surface area (Å²) < 4.78 is 11.1. The monoisotopic (exact) mass is 357 g/mol. The summed E-state index contributed by atoms with van der Waals surface area (Å²) in [5, 5.41) is 10.3. The molecule has 25 heavy (non-hydrogen) atoms. The van der Waals surface area contributed by atoms with Gasteiger partial charge < -0.3 is 19.2 Å². The van der Waals surface area contributed by atoms with Crippen LogP contribution in [-0.4, -0.2) is 17.8 Å². The quantitative estimate of drug-likeness (QED) is 0.707. The number of nitrogens with zero attached hydrogens (tertiary/aromatic N) is 1. The maximum atomic E-state index is 11.9. The maximum absolute atomic E-state index is 11.9. The van der Waals surface area contributed by atoms with E-state index in [9.17, 15) is 9.59 Å². The van der Waals surface area contributed by atoms with E-state index >= 15 is 0 Å². The van der Waals surface area contributed by atoms with E-state index in [0.29, 0.717) is 40.6 Å². The van der Waals surface area contributed by atoms with Crippen molar-refractivity contribution in [2.24, 2.45) is 0 Å². The van der Waals surface area contributed by atoms with Crippen LogP contribution in [0.2, 0.25) is 5.02 Å².